The number of carbonyl (C=O) groups is 1. The van der Waals surface area contributed by atoms with Crippen LogP contribution in [0.25, 0.3) is 0 Å². The highest BCUT2D eigenvalue weighted by Crippen LogP contribution is 2.26. The van der Waals surface area contributed by atoms with Crippen LogP contribution in [0.15, 0.2) is 59.5 Å². The van der Waals surface area contributed by atoms with Crippen molar-refractivity contribution in [2.75, 3.05) is 4.31 Å². The minimum absolute atomic E-state index is 0.0196. The average molecular weight is 340 g/mol. The summed E-state index contributed by atoms with van der Waals surface area (Å²) in [5, 5.41) is 9.64. The third-order valence-corrected chi connectivity index (χ3v) is 5.26. The number of para-hydroxylation sites is 1. The number of benzene rings is 2. The van der Waals surface area contributed by atoms with E-state index >= 15 is 0 Å². The van der Waals surface area contributed by atoms with Crippen LogP contribution in [0.1, 0.15) is 6.92 Å². The highest BCUT2D eigenvalue weighted by Gasteiger charge is 2.33. The predicted molar refractivity (Wildman–Crippen MR) is 84.7 cm³/mol. The Bertz CT molecular complexity index is 760. The van der Waals surface area contributed by atoms with E-state index in [1.54, 1.807) is 30.3 Å². The Kier molecular flexibility index (Phi) is 4.73. The van der Waals surface area contributed by atoms with Crippen LogP contribution in [0, 0.1) is 0 Å². The molecule has 0 aliphatic carbocycles. The molecule has 0 bridgehead atoms. The van der Waals surface area contributed by atoms with Crippen molar-refractivity contribution >= 4 is 33.3 Å². The summed E-state index contributed by atoms with van der Waals surface area (Å²) >= 11 is 5.77. The Balaban J connectivity index is 2.58. The van der Waals surface area contributed by atoms with Gasteiger partial charge in [-0.15, -0.1) is 0 Å². The van der Waals surface area contributed by atoms with Crippen molar-refractivity contribution in [2.45, 2.75) is 17.9 Å². The smallest absolute Gasteiger partial charge is 0.327 e. The van der Waals surface area contributed by atoms with Gasteiger partial charge in [-0.25, -0.2) is 13.2 Å². The van der Waals surface area contributed by atoms with Crippen molar-refractivity contribution in [1.29, 1.82) is 0 Å². The van der Waals surface area contributed by atoms with E-state index in [1.165, 1.54) is 31.2 Å². The SMILES string of the molecule is CC(C(=O)O)N(c1ccccc1)S(=O)(=O)c1ccc(Cl)cc1. The zero-order valence-corrected chi connectivity index (χ0v) is 13.3. The first-order valence-electron chi connectivity index (χ1n) is 6.42. The fourth-order valence-corrected chi connectivity index (χ4v) is 3.70. The number of anilines is 1. The first-order valence-corrected chi connectivity index (χ1v) is 8.23. The lowest BCUT2D eigenvalue weighted by Crippen LogP contribution is -2.43. The van der Waals surface area contributed by atoms with Gasteiger partial charge in [0.25, 0.3) is 10.0 Å². The van der Waals surface area contributed by atoms with E-state index < -0.39 is 22.0 Å². The summed E-state index contributed by atoms with van der Waals surface area (Å²) in [6.45, 7) is 1.32. The minimum Gasteiger partial charge on any atom is -0.480 e. The lowest BCUT2D eigenvalue weighted by molar-refractivity contribution is -0.137. The van der Waals surface area contributed by atoms with Crippen molar-refractivity contribution in [2.24, 2.45) is 0 Å². The number of halogens is 1. The maximum Gasteiger partial charge on any atom is 0.327 e. The van der Waals surface area contributed by atoms with Gasteiger partial charge in [0.15, 0.2) is 0 Å². The highest BCUT2D eigenvalue weighted by molar-refractivity contribution is 7.92. The Morgan fingerprint density at radius 1 is 1.09 bits per heavy atom. The number of hydrogen-bond acceptors (Lipinski definition) is 3. The van der Waals surface area contributed by atoms with Gasteiger partial charge in [0.2, 0.25) is 0 Å². The molecule has 0 aromatic heterocycles. The van der Waals surface area contributed by atoms with Crippen LogP contribution in [-0.4, -0.2) is 25.5 Å². The van der Waals surface area contributed by atoms with Gasteiger partial charge in [-0.1, -0.05) is 29.8 Å². The van der Waals surface area contributed by atoms with Crippen LogP contribution >= 0.6 is 11.6 Å². The topological polar surface area (TPSA) is 74.7 Å². The van der Waals surface area contributed by atoms with Gasteiger partial charge >= 0.3 is 5.97 Å². The molecule has 0 aliphatic rings. The maximum atomic E-state index is 12.8. The van der Waals surface area contributed by atoms with Gasteiger partial charge < -0.3 is 5.11 Å². The molecule has 2 rings (SSSR count). The average Bonchev–Trinajstić information content (AvgIpc) is 2.48. The summed E-state index contributed by atoms with van der Waals surface area (Å²) < 4.78 is 26.5. The maximum absolute atomic E-state index is 12.8. The predicted octanol–water partition coefficient (Wildman–Crippen LogP) is 3.01. The van der Waals surface area contributed by atoms with E-state index in [1.807, 2.05) is 0 Å². The molecule has 0 saturated heterocycles. The molecule has 2 aromatic rings. The molecule has 1 atom stereocenters. The van der Waals surface area contributed by atoms with Crippen LogP contribution in [0.3, 0.4) is 0 Å². The summed E-state index contributed by atoms with van der Waals surface area (Å²) in [4.78, 5) is 11.3. The summed E-state index contributed by atoms with van der Waals surface area (Å²) in [5.41, 5.74) is 0.285. The Morgan fingerprint density at radius 3 is 2.14 bits per heavy atom. The van der Waals surface area contributed by atoms with Crippen molar-refractivity contribution in [3.8, 4) is 0 Å². The summed E-state index contributed by atoms with van der Waals surface area (Å²) in [6.07, 6.45) is 0. The third-order valence-electron chi connectivity index (χ3n) is 3.09. The molecule has 0 spiro atoms. The zero-order chi connectivity index (χ0) is 16.3. The molecule has 0 heterocycles. The molecule has 7 heteroatoms. The van der Waals surface area contributed by atoms with Gasteiger partial charge in [-0.3, -0.25) is 4.31 Å². The molecule has 22 heavy (non-hydrogen) atoms. The zero-order valence-electron chi connectivity index (χ0n) is 11.7. The quantitative estimate of drug-likeness (QED) is 0.908. The van der Waals surface area contributed by atoms with Crippen LogP contribution in [0.4, 0.5) is 5.69 Å². The molecule has 2 aromatic carbocycles. The van der Waals surface area contributed by atoms with Crippen LogP contribution in [0.5, 0.6) is 0 Å². The molecule has 0 saturated carbocycles. The first kappa shape index (κ1) is 16.3. The monoisotopic (exact) mass is 339 g/mol. The van der Waals surface area contributed by atoms with E-state index in [0.717, 1.165) is 4.31 Å². The van der Waals surface area contributed by atoms with Gasteiger partial charge in [-0.2, -0.15) is 0 Å². The Labute approximate surface area is 133 Å². The number of sulfonamides is 1. The summed E-state index contributed by atoms with van der Waals surface area (Å²) in [6, 6.07) is 12.5. The normalized spacial score (nSPS) is 12.6. The standard InChI is InChI=1S/C15H14ClNO4S/c1-11(15(18)19)17(13-5-3-2-4-6-13)22(20,21)14-9-7-12(16)8-10-14/h2-11H,1H3,(H,18,19). The second kappa shape index (κ2) is 6.37. The van der Waals surface area contributed by atoms with Gasteiger partial charge in [0, 0.05) is 5.02 Å². The van der Waals surface area contributed by atoms with Crippen molar-refractivity contribution in [3.05, 3.63) is 59.6 Å². The number of aliphatic carboxylic acids is 1. The molecule has 5 nitrogen and oxygen atoms in total. The molecular formula is C15H14ClNO4S. The second-order valence-corrected chi connectivity index (χ2v) is 6.86. The second-order valence-electron chi connectivity index (χ2n) is 4.60. The van der Waals surface area contributed by atoms with Crippen molar-refractivity contribution in [1.82, 2.24) is 0 Å². The van der Waals surface area contributed by atoms with Crippen LogP contribution in [0.2, 0.25) is 5.02 Å². The van der Waals surface area contributed by atoms with Gasteiger partial charge in [-0.05, 0) is 43.3 Å². The van der Waals surface area contributed by atoms with E-state index in [-0.39, 0.29) is 10.6 Å². The molecule has 0 aliphatic heterocycles. The lowest BCUT2D eigenvalue weighted by atomic mass is 10.2. The van der Waals surface area contributed by atoms with Crippen molar-refractivity contribution in [3.63, 3.8) is 0 Å². The van der Waals surface area contributed by atoms with Crippen molar-refractivity contribution < 1.29 is 18.3 Å². The van der Waals surface area contributed by atoms with E-state index in [9.17, 15) is 18.3 Å². The largest absolute Gasteiger partial charge is 0.480 e. The van der Waals surface area contributed by atoms with Crippen LogP contribution in [-0.2, 0) is 14.8 Å². The summed E-state index contributed by atoms with van der Waals surface area (Å²) in [5.74, 6) is -1.23. The van der Waals surface area contributed by atoms with E-state index in [0.29, 0.717) is 5.02 Å². The molecule has 1 unspecified atom stereocenters. The van der Waals surface area contributed by atoms with E-state index in [2.05, 4.69) is 0 Å². The third kappa shape index (κ3) is 3.23. The molecule has 0 fully saturated rings. The molecule has 0 radical (unpaired) electrons. The van der Waals surface area contributed by atoms with Gasteiger partial charge in [0.05, 0.1) is 10.6 Å². The Hall–Kier alpha value is -2.05. The molecule has 116 valence electrons. The number of hydrogen-bond donors (Lipinski definition) is 1. The highest BCUT2D eigenvalue weighted by atomic mass is 35.5. The Morgan fingerprint density at radius 2 is 1.64 bits per heavy atom. The molecule has 0 amide bonds. The summed E-state index contributed by atoms with van der Waals surface area (Å²) in [7, 11) is -4.02. The van der Waals surface area contributed by atoms with Gasteiger partial charge in [0.1, 0.15) is 6.04 Å². The lowest BCUT2D eigenvalue weighted by Gasteiger charge is -2.28. The number of carboxylic acids is 1. The number of nitrogens with zero attached hydrogens (tertiary/aromatic N) is 1. The number of rotatable bonds is 5. The fraction of sp³-hybridized carbons (Fsp3) is 0.133. The number of carboxylic acid groups (broad SMARTS) is 1. The first-order chi connectivity index (χ1) is 10.3. The fourth-order valence-electron chi connectivity index (χ4n) is 1.97. The molecule has 1 N–H and O–H groups in total. The minimum atomic E-state index is -4.02. The van der Waals surface area contributed by atoms with E-state index in [4.69, 9.17) is 11.6 Å². The molecular weight excluding hydrogens is 326 g/mol. The van der Waals surface area contributed by atoms with Crippen LogP contribution < -0.4 is 4.31 Å².